The van der Waals surface area contributed by atoms with Crippen molar-refractivity contribution in [1.29, 1.82) is 0 Å². The minimum Gasteiger partial charge on any atom is -0.458 e. The second kappa shape index (κ2) is 17.8. The van der Waals surface area contributed by atoms with E-state index in [0.717, 1.165) is 12.1 Å². The molecule has 18 heteroatoms. The largest absolute Gasteiger partial charge is 0.458 e. The molecule has 4 fully saturated rings. The number of hydrogen-bond acceptors (Lipinski definition) is 10. The van der Waals surface area contributed by atoms with E-state index in [1.165, 1.54) is 28.5 Å². The van der Waals surface area contributed by atoms with Crippen molar-refractivity contribution >= 4 is 41.4 Å². The van der Waals surface area contributed by atoms with E-state index in [1.807, 2.05) is 6.92 Å². The molecule has 5 aliphatic heterocycles. The van der Waals surface area contributed by atoms with E-state index in [0.29, 0.717) is 48.8 Å². The van der Waals surface area contributed by atoms with Crippen LogP contribution >= 0.6 is 0 Å². The minimum absolute atomic E-state index is 0.0165. The normalized spacial score (nSPS) is 27.7. The van der Waals surface area contributed by atoms with E-state index >= 15 is 0 Å². The Morgan fingerprint density at radius 1 is 0.800 bits per heavy atom. The third-order valence-corrected chi connectivity index (χ3v) is 11.9. The molecular formula is C42H50F2N6O10. The van der Waals surface area contributed by atoms with Gasteiger partial charge in [-0.2, -0.15) is 0 Å². The molecule has 2 aromatic carbocycles. The Bertz CT molecular complexity index is 2030. The number of hydrogen-bond donors (Lipinski definition) is 3. The Kier molecular flexibility index (Phi) is 12.6. The second-order valence-electron chi connectivity index (χ2n) is 16.4. The summed E-state index contributed by atoms with van der Waals surface area (Å²) in [6.07, 6.45) is 0.561. The fourth-order valence-electron chi connectivity index (χ4n) is 8.88. The van der Waals surface area contributed by atoms with Crippen molar-refractivity contribution in [1.82, 2.24) is 30.7 Å². The van der Waals surface area contributed by atoms with Crippen LogP contribution in [0.1, 0.15) is 70.4 Å². The number of piperidine rings is 1. The van der Waals surface area contributed by atoms with Crippen molar-refractivity contribution in [2.75, 3.05) is 26.4 Å². The molecule has 2 aromatic rings. The monoisotopic (exact) mass is 836 g/mol. The summed E-state index contributed by atoms with van der Waals surface area (Å²) in [5.74, 6) is -5.68. The van der Waals surface area contributed by atoms with Gasteiger partial charge in [0.25, 0.3) is 0 Å². The summed E-state index contributed by atoms with van der Waals surface area (Å²) in [5, 5.41) is 8.05. The fourth-order valence-corrected chi connectivity index (χ4v) is 8.88. The first kappa shape index (κ1) is 42.3. The smallest absolute Gasteiger partial charge is 0.329 e. The fraction of sp³-hybridized carbons (Fsp3) is 0.548. The SMILES string of the molecule is C[C@@H]1C[C@H]2C(=O)O[C@@H](C)[C@H](NC(=O)[C@H](Cc3cc(F)cc(F)c3)NC(=O)Cc3ccc4c(c3)OCO4)C(=O)N3CCC[C@H]3C(=O)N3CCCC[C@H]3C(=O)N[C@@H](C)C(=O)N2C1. The molecular weight excluding hydrogens is 786 g/mol. The number of esters is 1. The van der Waals surface area contributed by atoms with Crippen molar-refractivity contribution in [3.8, 4) is 11.5 Å². The van der Waals surface area contributed by atoms with Gasteiger partial charge in [-0.25, -0.2) is 13.6 Å². The summed E-state index contributed by atoms with van der Waals surface area (Å²) in [5.41, 5.74) is 0.543. The van der Waals surface area contributed by atoms with Crippen molar-refractivity contribution in [3.05, 3.63) is 59.2 Å². The van der Waals surface area contributed by atoms with E-state index in [9.17, 15) is 42.3 Å². The highest BCUT2D eigenvalue weighted by molar-refractivity contribution is 5.98. The number of amides is 6. The average molecular weight is 837 g/mol. The molecule has 0 radical (unpaired) electrons. The number of benzene rings is 2. The molecule has 5 aliphatic rings. The van der Waals surface area contributed by atoms with Crippen molar-refractivity contribution in [3.63, 3.8) is 0 Å². The number of carbonyl (C=O) groups is 7. The Balaban J connectivity index is 1.20. The molecule has 0 unspecified atom stereocenters. The lowest BCUT2D eigenvalue weighted by molar-refractivity contribution is -0.163. The van der Waals surface area contributed by atoms with Crippen LogP contribution in [0.15, 0.2) is 36.4 Å². The maximum Gasteiger partial charge on any atom is 0.329 e. The zero-order valence-corrected chi connectivity index (χ0v) is 33.7. The lowest BCUT2D eigenvalue weighted by atomic mass is 9.99. The van der Waals surface area contributed by atoms with Crippen LogP contribution in [0, 0.1) is 17.6 Å². The van der Waals surface area contributed by atoms with Gasteiger partial charge in [-0.05, 0) is 93.7 Å². The molecule has 60 heavy (non-hydrogen) atoms. The number of rotatable bonds is 7. The number of carbonyl (C=O) groups excluding carboxylic acids is 7. The van der Waals surface area contributed by atoms with Gasteiger partial charge in [-0.15, -0.1) is 0 Å². The summed E-state index contributed by atoms with van der Waals surface area (Å²) in [7, 11) is 0. The highest BCUT2D eigenvalue weighted by Gasteiger charge is 2.47. The highest BCUT2D eigenvalue weighted by Crippen LogP contribution is 2.33. The van der Waals surface area contributed by atoms with Crippen LogP contribution in [0.2, 0.25) is 0 Å². The van der Waals surface area contributed by atoms with Gasteiger partial charge in [0.2, 0.25) is 42.2 Å². The molecule has 16 nitrogen and oxygen atoms in total. The predicted octanol–water partition coefficient (Wildman–Crippen LogP) is 1.51. The molecule has 4 saturated heterocycles. The molecule has 0 aliphatic carbocycles. The van der Waals surface area contributed by atoms with E-state index in [1.54, 1.807) is 18.2 Å². The van der Waals surface area contributed by atoms with Gasteiger partial charge in [0, 0.05) is 32.1 Å². The number of cyclic esters (lactones) is 1. The van der Waals surface area contributed by atoms with Gasteiger partial charge in [-0.1, -0.05) is 13.0 Å². The van der Waals surface area contributed by atoms with Gasteiger partial charge in [0.15, 0.2) is 11.5 Å². The summed E-state index contributed by atoms with van der Waals surface area (Å²) >= 11 is 0. The highest BCUT2D eigenvalue weighted by atomic mass is 19.1. The predicted molar refractivity (Wildman–Crippen MR) is 207 cm³/mol. The Morgan fingerprint density at radius 2 is 1.50 bits per heavy atom. The molecule has 7 rings (SSSR count). The summed E-state index contributed by atoms with van der Waals surface area (Å²) in [6.45, 7) is 5.38. The molecule has 0 spiro atoms. The molecule has 0 bridgehead atoms. The van der Waals surface area contributed by atoms with E-state index in [2.05, 4.69) is 16.0 Å². The molecule has 5 heterocycles. The minimum atomic E-state index is -1.62. The zero-order valence-electron chi connectivity index (χ0n) is 33.7. The van der Waals surface area contributed by atoms with Gasteiger partial charge in [0.05, 0.1) is 6.42 Å². The van der Waals surface area contributed by atoms with Crippen LogP contribution in [0.3, 0.4) is 0 Å². The first-order chi connectivity index (χ1) is 28.7. The lowest BCUT2D eigenvalue weighted by Gasteiger charge is -2.39. The Morgan fingerprint density at radius 3 is 2.27 bits per heavy atom. The molecule has 3 N–H and O–H groups in total. The average Bonchev–Trinajstić information content (AvgIpc) is 3.98. The summed E-state index contributed by atoms with van der Waals surface area (Å²) < 4.78 is 45.4. The van der Waals surface area contributed by atoms with Gasteiger partial charge >= 0.3 is 5.97 Å². The lowest BCUT2D eigenvalue weighted by Crippen LogP contribution is -2.63. The maximum absolute atomic E-state index is 14.7. The number of ether oxygens (including phenoxy) is 3. The second-order valence-corrected chi connectivity index (χ2v) is 16.4. The van der Waals surface area contributed by atoms with Crippen molar-refractivity contribution in [2.45, 2.75) is 114 Å². The van der Waals surface area contributed by atoms with E-state index < -0.39 is 102 Å². The first-order valence-corrected chi connectivity index (χ1v) is 20.5. The quantitative estimate of drug-likeness (QED) is 0.345. The van der Waals surface area contributed by atoms with E-state index in [-0.39, 0.29) is 57.2 Å². The number of nitrogens with one attached hydrogen (secondary N) is 3. The Labute approximate surface area is 345 Å². The Hall–Kier alpha value is -5.81. The number of halogens is 2. The van der Waals surface area contributed by atoms with Gasteiger partial charge < -0.3 is 44.9 Å². The van der Waals surface area contributed by atoms with Gasteiger partial charge in [0.1, 0.15) is 54.0 Å². The maximum atomic E-state index is 14.7. The van der Waals surface area contributed by atoms with E-state index in [4.69, 9.17) is 14.2 Å². The molecule has 0 aromatic heterocycles. The molecule has 322 valence electrons. The standard InChI is InChI=1S/C42H50F2N6O10/c1-22-13-32-42(57)60-24(3)36(41(56)49-12-6-8-31(49)40(55)48-11-5-4-7-30(48)38(53)45-23(2)39(54)50(32)20-22)47-37(52)29(16-26-14-27(43)19-28(44)15-26)46-35(51)18-25-9-10-33-34(17-25)59-21-58-33/h9-10,14-15,17,19,22-24,29-32,36H,4-8,11-13,16,18,20-21H2,1-3H3,(H,45,53)(H,46,51)(H,47,52)/t22-,23+,24+,29+,30+,31+,32+,36+/m1/s1. The summed E-state index contributed by atoms with van der Waals surface area (Å²) in [4.78, 5) is 103. The third-order valence-electron chi connectivity index (χ3n) is 11.9. The van der Waals surface area contributed by atoms with Crippen LogP contribution in [0.5, 0.6) is 11.5 Å². The van der Waals surface area contributed by atoms with Crippen molar-refractivity contribution in [2.24, 2.45) is 5.92 Å². The molecule has 8 atom stereocenters. The van der Waals surface area contributed by atoms with Crippen LogP contribution in [0.25, 0.3) is 0 Å². The molecule has 6 amide bonds. The summed E-state index contributed by atoms with van der Waals surface area (Å²) in [6, 6.07) is 0.456. The van der Waals surface area contributed by atoms with Crippen LogP contribution in [0.4, 0.5) is 8.78 Å². The zero-order chi connectivity index (χ0) is 42.8. The first-order valence-electron chi connectivity index (χ1n) is 20.5. The van der Waals surface area contributed by atoms with Crippen LogP contribution in [-0.2, 0) is 51.1 Å². The number of fused-ring (bicyclic) bond motifs is 4. The topological polar surface area (TPSA) is 193 Å². The molecule has 0 saturated carbocycles. The van der Waals surface area contributed by atoms with Crippen LogP contribution in [-0.4, -0.2) is 125 Å². The number of nitrogens with zero attached hydrogens (tertiary/aromatic N) is 3. The third kappa shape index (κ3) is 9.16. The van der Waals surface area contributed by atoms with Crippen molar-refractivity contribution < 1.29 is 56.6 Å². The van der Waals surface area contributed by atoms with Gasteiger partial charge in [-0.3, -0.25) is 28.8 Å². The van der Waals surface area contributed by atoms with Crippen LogP contribution < -0.4 is 25.4 Å².